The van der Waals surface area contributed by atoms with E-state index >= 15 is 0 Å². The molecule has 1 saturated heterocycles. The Morgan fingerprint density at radius 1 is 1.35 bits per heavy atom. The number of nitrogens with one attached hydrogen (secondary N) is 1. The topological polar surface area (TPSA) is 78.9 Å². The van der Waals surface area contributed by atoms with Crippen molar-refractivity contribution >= 4 is 11.7 Å². The number of nitrogens with zero attached hydrogens (tertiary/aromatic N) is 3. The Hall–Kier alpha value is -1.65. The molecule has 0 amide bonds. The predicted molar refractivity (Wildman–Crippen MR) is 68.3 cm³/mol. The quantitative estimate of drug-likeness (QED) is 0.597. The lowest BCUT2D eigenvalue weighted by Crippen LogP contribution is -2.42. The van der Waals surface area contributed by atoms with Gasteiger partial charge in [-0.3, -0.25) is 5.41 Å². The Morgan fingerprint density at radius 3 is 2.76 bits per heavy atom. The van der Waals surface area contributed by atoms with Crippen molar-refractivity contribution in [1.82, 2.24) is 9.97 Å². The number of nitrogens with two attached hydrogens (primary N) is 1. The first-order valence-corrected chi connectivity index (χ1v) is 6.01. The van der Waals surface area contributed by atoms with Gasteiger partial charge < -0.3 is 10.6 Å². The van der Waals surface area contributed by atoms with Crippen LogP contribution < -0.4 is 10.6 Å². The fourth-order valence-electron chi connectivity index (χ4n) is 2.31. The van der Waals surface area contributed by atoms with Gasteiger partial charge in [0.1, 0.15) is 11.5 Å². The molecule has 1 aromatic rings. The molecule has 2 unspecified atom stereocenters. The summed E-state index contributed by atoms with van der Waals surface area (Å²) in [7, 11) is 0. The van der Waals surface area contributed by atoms with Crippen LogP contribution in [-0.2, 0) is 0 Å². The van der Waals surface area contributed by atoms with E-state index in [1.165, 1.54) is 6.42 Å². The minimum Gasteiger partial charge on any atom is -0.382 e. The monoisotopic (exact) mass is 233 g/mol. The second-order valence-corrected chi connectivity index (χ2v) is 4.83. The summed E-state index contributed by atoms with van der Waals surface area (Å²) in [6.45, 7) is 5.38. The molecular formula is C12H19N5. The minimum atomic E-state index is -0.0153. The molecule has 92 valence electrons. The summed E-state index contributed by atoms with van der Waals surface area (Å²) in [6, 6.07) is 0.431. The molecule has 1 aromatic heterocycles. The van der Waals surface area contributed by atoms with E-state index in [2.05, 4.69) is 28.7 Å². The van der Waals surface area contributed by atoms with Gasteiger partial charge in [-0.15, -0.1) is 0 Å². The summed E-state index contributed by atoms with van der Waals surface area (Å²) >= 11 is 0. The van der Waals surface area contributed by atoms with Crippen molar-refractivity contribution in [2.45, 2.75) is 32.7 Å². The number of hydrogen-bond donors (Lipinski definition) is 2. The van der Waals surface area contributed by atoms with E-state index in [1.54, 1.807) is 12.4 Å². The SMILES string of the molecule is CC1CCC(C)N(c2nccnc2C(=N)N)C1. The van der Waals surface area contributed by atoms with Gasteiger partial charge >= 0.3 is 0 Å². The second-order valence-electron chi connectivity index (χ2n) is 4.83. The highest BCUT2D eigenvalue weighted by atomic mass is 15.2. The molecule has 0 radical (unpaired) electrons. The second kappa shape index (κ2) is 4.69. The molecule has 17 heavy (non-hydrogen) atoms. The summed E-state index contributed by atoms with van der Waals surface area (Å²) in [5.41, 5.74) is 6.05. The highest BCUT2D eigenvalue weighted by molar-refractivity contribution is 5.97. The number of amidine groups is 1. The first-order valence-electron chi connectivity index (χ1n) is 6.01. The number of rotatable bonds is 2. The van der Waals surface area contributed by atoms with Crippen LogP contribution in [0.1, 0.15) is 32.4 Å². The molecule has 0 aromatic carbocycles. The molecule has 1 fully saturated rings. The standard InChI is InChI=1S/C12H19N5/c1-8-3-4-9(2)17(7-8)12-10(11(13)14)15-5-6-16-12/h5-6,8-9H,3-4,7H2,1-2H3,(H3,13,14). The van der Waals surface area contributed by atoms with Crippen LogP contribution in [0.4, 0.5) is 5.82 Å². The Morgan fingerprint density at radius 2 is 2.06 bits per heavy atom. The predicted octanol–water partition coefficient (Wildman–Crippen LogP) is 1.39. The van der Waals surface area contributed by atoms with E-state index in [4.69, 9.17) is 11.1 Å². The molecule has 5 nitrogen and oxygen atoms in total. The van der Waals surface area contributed by atoms with Gasteiger partial charge in [0.25, 0.3) is 0 Å². The van der Waals surface area contributed by atoms with Crippen molar-refractivity contribution < 1.29 is 0 Å². The molecule has 0 bridgehead atoms. The maximum atomic E-state index is 7.56. The Kier molecular flexibility index (Phi) is 3.26. The normalized spacial score (nSPS) is 24.7. The molecule has 2 atom stereocenters. The van der Waals surface area contributed by atoms with E-state index in [0.717, 1.165) is 18.8 Å². The van der Waals surface area contributed by atoms with Crippen molar-refractivity contribution in [2.75, 3.05) is 11.4 Å². The van der Waals surface area contributed by atoms with Crippen molar-refractivity contribution in [2.24, 2.45) is 11.7 Å². The average Bonchev–Trinajstić information content (AvgIpc) is 2.32. The summed E-state index contributed by atoms with van der Waals surface area (Å²) < 4.78 is 0. The molecule has 2 heterocycles. The lowest BCUT2D eigenvalue weighted by Gasteiger charge is -2.38. The molecule has 0 saturated carbocycles. The van der Waals surface area contributed by atoms with Crippen molar-refractivity contribution in [3.63, 3.8) is 0 Å². The van der Waals surface area contributed by atoms with Crippen LogP contribution in [0.3, 0.4) is 0 Å². The molecule has 3 N–H and O–H groups in total. The fraction of sp³-hybridized carbons (Fsp3) is 0.583. The zero-order valence-corrected chi connectivity index (χ0v) is 10.3. The average molecular weight is 233 g/mol. The van der Waals surface area contributed by atoms with Crippen LogP contribution in [0.25, 0.3) is 0 Å². The molecule has 1 aliphatic heterocycles. The van der Waals surface area contributed by atoms with Gasteiger partial charge in [-0.1, -0.05) is 6.92 Å². The molecular weight excluding hydrogens is 214 g/mol. The maximum absolute atomic E-state index is 7.56. The molecule has 2 rings (SSSR count). The van der Waals surface area contributed by atoms with Gasteiger partial charge in [0.2, 0.25) is 0 Å². The molecule has 0 spiro atoms. The Bertz CT molecular complexity index is 417. The first-order chi connectivity index (χ1) is 8.09. The Balaban J connectivity index is 2.35. The lowest BCUT2D eigenvalue weighted by molar-refractivity contribution is 0.387. The third kappa shape index (κ3) is 2.38. The zero-order valence-electron chi connectivity index (χ0n) is 10.3. The van der Waals surface area contributed by atoms with Gasteiger partial charge in [-0.25, -0.2) is 9.97 Å². The van der Waals surface area contributed by atoms with Gasteiger partial charge in [-0.2, -0.15) is 0 Å². The maximum Gasteiger partial charge on any atom is 0.158 e. The lowest BCUT2D eigenvalue weighted by atomic mass is 9.95. The number of aromatic nitrogens is 2. The van der Waals surface area contributed by atoms with Crippen molar-refractivity contribution in [1.29, 1.82) is 5.41 Å². The fourth-order valence-corrected chi connectivity index (χ4v) is 2.31. The van der Waals surface area contributed by atoms with E-state index in [-0.39, 0.29) is 5.84 Å². The van der Waals surface area contributed by atoms with Crippen LogP contribution in [0, 0.1) is 11.3 Å². The van der Waals surface area contributed by atoms with Gasteiger partial charge in [-0.05, 0) is 25.7 Å². The van der Waals surface area contributed by atoms with Crippen LogP contribution >= 0.6 is 0 Å². The number of piperidine rings is 1. The Labute approximate surface area is 102 Å². The first kappa shape index (κ1) is 11.8. The van der Waals surface area contributed by atoms with Crippen molar-refractivity contribution in [3.8, 4) is 0 Å². The van der Waals surface area contributed by atoms with E-state index < -0.39 is 0 Å². The van der Waals surface area contributed by atoms with E-state index in [9.17, 15) is 0 Å². The third-order valence-corrected chi connectivity index (χ3v) is 3.32. The van der Waals surface area contributed by atoms with E-state index in [1.807, 2.05) is 0 Å². The number of anilines is 1. The van der Waals surface area contributed by atoms with Gasteiger partial charge in [0.05, 0.1) is 0 Å². The highest BCUT2D eigenvalue weighted by Gasteiger charge is 2.26. The summed E-state index contributed by atoms with van der Waals surface area (Å²) in [5.74, 6) is 1.38. The van der Waals surface area contributed by atoms with Crippen LogP contribution in [0.5, 0.6) is 0 Å². The third-order valence-electron chi connectivity index (χ3n) is 3.32. The summed E-state index contributed by atoms with van der Waals surface area (Å²) in [5, 5.41) is 7.56. The minimum absolute atomic E-state index is 0.0153. The zero-order chi connectivity index (χ0) is 12.4. The largest absolute Gasteiger partial charge is 0.382 e. The van der Waals surface area contributed by atoms with Gasteiger partial charge in [0, 0.05) is 25.0 Å². The van der Waals surface area contributed by atoms with Crippen LogP contribution in [-0.4, -0.2) is 28.4 Å². The van der Waals surface area contributed by atoms with E-state index in [0.29, 0.717) is 17.7 Å². The molecule has 1 aliphatic rings. The summed E-state index contributed by atoms with van der Waals surface area (Å²) in [6.07, 6.45) is 5.63. The number of nitrogen functional groups attached to an aromatic ring is 1. The number of hydrogen-bond acceptors (Lipinski definition) is 4. The van der Waals surface area contributed by atoms with Crippen LogP contribution in [0.2, 0.25) is 0 Å². The molecule has 5 heteroatoms. The molecule has 0 aliphatic carbocycles. The van der Waals surface area contributed by atoms with Gasteiger partial charge in [0.15, 0.2) is 5.82 Å². The van der Waals surface area contributed by atoms with Crippen LogP contribution in [0.15, 0.2) is 12.4 Å². The summed E-state index contributed by atoms with van der Waals surface area (Å²) in [4.78, 5) is 10.7. The smallest absolute Gasteiger partial charge is 0.158 e. The highest BCUT2D eigenvalue weighted by Crippen LogP contribution is 2.27. The van der Waals surface area contributed by atoms with Crippen molar-refractivity contribution in [3.05, 3.63) is 18.1 Å².